The first-order valence-electron chi connectivity index (χ1n) is 7.59. The van der Waals surface area contributed by atoms with Crippen molar-refractivity contribution in [2.45, 2.75) is 32.1 Å². The van der Waals surface area contributed by atoms with Crippen molar-refractivity contribution in [3.05, 3.63) is 58.7 Å². The number of aryl methyl sites for hydroxylation is 1. The van der Waals surface area contributed by atoms with Crippen LogP contribution in [0, 0.1) is 0 Å². The summed E-state index contributed by atoms with van der Waals surface area (Å²) >= 11 is 0. The summed E-state index contributed by atoms with van der Waals surface area (Å²) in [4.78, 5) is 24.8. The van der Waals surface area contributed by atoms with Crippen molar-refractivity contribution in [2.75, 3.05) is 0 Å². The third-order valence-electron chi connectivity index (χ3n) is 4.18. The molecule has 0 saturated heterocycles. The van der Waals surface area contributed by atoms with Crippen molar-refractivity contribution in [1.82, 2.24) is 19.5 Å². The second-order valence-electron chi connectivity index (χ2n) is 5.68. The van der Waals surface area contributed by atoms with Crippen LogP contribution in [-0.4, -0.2) is 19.5 Å². The second-order valence-corrected chi connectivity index (χ2v) is 5.68. The van der Waals surface area contributed by atoms with Gasteiger partial charge in [-0.05, 0) is 36.8 Å². The molecule has 1 fully saturated rings. The zero-order valence-electron chi connectivity index (χ0n) is 12.4. The molecule has 110 valence electrons. The monoisotopic (exact) mass is 292 g/mol. The largest absolute Gasteiger partial charge is 0.352 e. The van der Waals surface area contributed by atoms with Gasteiger partial charge in [0.2, 0.25) is 0 Å². The van der Waals surface area contributed by atoms with Gasteiger partial charge in [0.25, 0.3) is 0 Å². The highest BCUT2D eigenvalue weighted by molar-refractivity contribution is 5.83. The summed E-state index contributed by atoms with van der Waals surface area (Å²) in [5.41, 5.74) is 3.42. The molecule has 0 radical (unpaired) electrons. The Balaban J connectivity index is 2.07. The van der Waals surface area contributed by atoms with Crippen LogP contribution in [0.4, 0.5) is 0 Å². The average Bonchev–Trinajstić information content (AvgIpc) is 3.39. The Hall–Kier alpha value is -2.56. The standard InChI is InChI=1S/C17H16N4O/c1-2-15-14-6-5-12(11-3-4-11)7-16(14)21(17(22)20-15)13-8-18-10-19-9-13/h5-11H,2-4H2,1H3. The number of hydrogen-bond donors (Lipinski definition) is 0. The van der Waals surface area contributed by atoms with E-state index in [2.05, 4.69) is 33.2 Å². The molecule has 5 heteroatoms. The van der Waals surface area contributed by atoms with Crippen LogP contribution < -0.4 is 5.69 Å². The Morgan fingerprint density at radius 1 is 1.23 bits per heavy atom. The van der Waals surface area contributed by atoms with Crippen LogP contribution in [-0.2, 0) is 6.42 Å². The summed E-state index contributed by atoms with van der Waals surface area (Å²) in [7, 11) is 0. The first kappa shape index (κ1) is 13.1. The molecule has 0 spiro atoms. The minimum atomic E-state index is -0.271. The van der Waals surface area contributed by atoms with Gasteiger partial charge in [0.1, 0.15) is 6.33 Å². The summed E-state index contributed by atoms with van der Waals surface area (Å²) in [6.07, 6.45) is 7.95. The van der Waals surface area contributed by atoms with Crippen LogP contribution in [0.2, 0.25) is 0 Å². The molecule has 1 aromatic carbocycles. The summed E-state index contributed by atoms with van der Waals surface area (Å²) < 4.78 is 1.61. The minimum absolute atomic E-state index is 0.271. The first-order valence-corrected chi connectivity index (χ1v) is 7.59. The summed E-state index contributed by atoms with van der Waals surface area (Å²) in [6.45, 7) is 2.02. The maximum Gasteiger partial charge on any atom is 0.352 e. The molecule has 0 atom stereocenters. The number of hydrogen-bond acceptors (Lipinski definition) is 4. The fourth-order valence-electron chi connectivity index (χ4n) is 2.90. The quantitative estimate of drug-likeness (QED) is 0.744. The van der Waals surface area contributed by atoms with E-state index in [1.165, 1.54) is 24.7 Å². The third-order valence-corrected chi connectivity index (χ3v) is 4.18. The Morgan fingerprint density at radius 3 is 2.68 bits per heavy atom. The minimum Gasteiger partial charge on any atom is -0.257 e. The lowest BCUT2D eigenvalue weighted by Crippen LogP contribution is -2.23. The highest BCUT2D eigenvalue weighted by Gasteiger charge is 2.24. The molecular formula is C17H16N4O. The number of benzene rings is 1. The Morgan fingerprint density at radius 2 is 2.00 bits per heavy atom. The summed E-state index contributed by atoms with van der Waals surface area (Å²) in [5.74, 6) is 0.637. The highest BCUT2D eigenvalue weighted by atomic mass is 16.1. The van der Waals surface area contributed by atoms with E-state index in [4.69, 9.17) is 0 Å². The lowest BCUT2D eigenvalue weighted by atomic mass is 10.1. The zero-order valence-corrected chi connectivity index (χ0v) is 12.4. The molecule has 1 aliphatic carbocycles. The molecule has 0 amide bonds. The number of nitrogens with zero attached hydrogens (tertiary/aromatic N) is 4. The van der Waals surface area contributed by atoms with Gasteiger partial charge in [-0.1, -0.05) is 19.1 Å². The van der Waals surface area contributed by atoms with Crippen molar-refractivity contribution in [2.24, 2.45) is 0 Å². The van der Waals surface area contributed by atoms with Gasteiger partial charge in [-0.25, -0.2) is 14.8 Å². The topological polar surface area (TPSA) is 60.7 Å². The van der Waals surface area contributed by atoms with E-state index in [1.807, 2.05) is 6.92 Å². The zero-order chi connectivity index (χ0) is 15.1. The molecule has 2 aromatic heterocycles. The predicted octanol–water partition coefficient (Wildman–Crippen LogP) is 2.62. The second kappa shape index (κ2) is 5.02. The van der Waals surface area contributed by atoms with Crippen LogP contribution in [0.15, 0.2) is 41.7 Å². The van der Waals surface area contributed by atoms with E-state index in [0.717, 1.165) is 23.0 Å². The molecule has 1 aliphatic rings. The van der Waals surface area contributed by atoms with Gasteiger partial charge in [-0.15, -0.1) is 0 Å². The summed E-state index contributed by atoms with van der Waals surface area (Å²) in [6, 6.07) is 6.38. The Kier molecular flexibility index (Phi) is 2.99. The third kappa shape index (κ3) is 2.09. The van der Waals surface area contributed by atoms with Gasteiger partial charge in [-0.2, -0.15) is 4.98 Å². The molecule has 5 nitrogen and oxygen atoms in total. The fourth-order valence-corrected chi connectivity index (χ4v) is 2.90. The molecule has 22 heavy (non-hydrogen) atoms. The smallest absolute Gasteiger partial charge is 0.257 e. The molecule has 0 unspecified atom stereocenters. The van der Waals surface area contributed by atoms with Gasteiger partial charge in [-0.3, -0.25) is 4.57 Å². The number of rotatable bonds is 3. The lowest BCUT2D eigenvalue weighted by molar-refractivity contribution is 0.896. The highest BCUT2D eigenvalue weighted by Crippen LogP contribution is 2.41. The molecule has 1 saturated carbocycles. The van der Waals surface area contributed by atoms with Crippen molar-refractivity contribution in [3.63, 3.8) is 0 Å². The van der Waals surface area contributed by atoms with E-state index < -0.39 is 0 Å². The van der Waals surface area contributed by atoms with E-state index in [9.17, 15) is 4.79 Å². The predicted molar refractivity (Wildman–Crippen MR) is 84.3 cm³/mol. The van der Waals surface area contributed by atoms with E-state index in [-0.39, 0.29) is 5.69 Å². The van der Waals surface area contributed by atoms with E-state index in [0.29, 0.717) is 11.6 Å². The number of fused-ring (bicyclic) bond motifs is 1. The lowest BCUT2D eigenvalue weighted by Gasteiger charge is -2.12. The Bertz CT molecular complexity index is 898. The van der Waals surface area contributed by atoms with E-state index >= 15 is 0 Å². The molecule has 2 heterocycles. The first-order chi connectivity index (χ1) is 10.8. The maximum absolute atomic E-state index is 12.5. The molecule has 0 bridgehead atoms. The van der Waals surface area contributed by atoms with Crippen molar-refractivity contribution in [3.8, 4) is 5.69 Å². The van der Waals surface area contributed by atoms with Gasteiger partial charge >= 0.3 is 5.69 Å². The van der Waals surface area contributed by atoms with Gasteiger partial charge in [0, 0.05) is 5.39 Å². The van der Waals surface area contributed by atoms with Crippen LogP contribution in [0.5, 0.6) is 0 Å². The maximum atomic E-state index is 12.5. The van der Waals surface area contributed by atoms with Crippen LogP contribution >= 0.6 is 0 Å². The van der Waals surface area contributed by atoms with Crippen molar-refractivity contribution in [1.29, 1.82) is 0 Å². The van der Waals surface area contributed by atoms with Crippen LogP contribution in [0.1, 0.15) is 36.9 Å². The van der Waals surface area contributed by atoms with E-state index in [1.54, 1.807) is 17.0 Å². The SMILES string of the molecule is CCc1nc(=O)n(-c2cncnc2)c2cc(C3CC3)ccc12. The van der Waals surface area contributed by atoms with Crippen molar-refractivity contribution >= 4 is 10.9 Å². The molecule has 3 aromatic rings. The molecule has 0 aliphatic heterocycles. The molecule has 4 rings (SSSR count). The van der Waals surface area contributed by atoms with Gasteiger partial charge < -0.3 is 0 Å². The van der Waals surface area contributed by atoms with Crippen LogP contribution in [0.25, 0.3) is 16.6 Å². The van der Waals surface area contributed by atoms with Crippen molar-refractivity contribution < 1.29 is 0 Å². The number of aromatic nitrogens is 4. The average molecular weight is 292 g/mol. The van der Waals surface area contributed by atoms with Crippen LogP contribution in [0.3, 0.4) is 0 Å². The van der Waals surface area contributed by atoms with Gasteiger partial charge in [0.05, 0.1) is 29.3 Å². The molecule has 0 N–H and O–H groups in total. The molecular weight excluding hydrogens is 276 g/mol. The Labute approximate surface area is 127 Å². The van der Waals surface area contributed by atoms with Gasteiger partial charge in [0.15, 0.2) is 0 Å². The summed E-state index contributed by atoms with van der Waals surface area (Å²) in [5, 5.41) is 1.02. The normalized spacial score (nSPS) is 14.4. The fraction of sp³-hybridized carbons (Fsp3) is 0.294.